The van der Waals surface area contributed by atoms with Crippen LogP contribution in [-0.2, 0) is 4.79 Å². The van der Waals surface area contributed by atoms with Crippen molar-refractivity contribution in [1.82, 2.24) is 5.32 Å². The van der Waals surface area contributed by atoms with Gasteiger partial charge >= 0.3 is 0 Å². The molecule has 0 saturated carbocycles. The Kier molecular flexibility index (Phi) is 4.34. The molecule has 1 unspecified atom stereocenters. The van der Waals surface area contributed by atoms with E-state index in [1.165, 1.54) is 31.2 Å². The zero-order chi connectivity index (χ0) is 12.1. The third kappa shape index (κ3) is 3.92. The van der Waals surface area contributed by atoms with Gasteiger partial charge in [-0.05, 0) is 17.7 Å². The van der Waals surface area contributed by atoms with Gasteiger partial charge in [-0.3, -0.25) is 4.79 Å². The summed E-state index contributed by atoms with van der Waals surface area (Å²) in [6.07, 6.45) is -3.01. The van der Waals surface area contributed by atoms with E-state index in [1.54, 1.807) is 0 Å². The number of hydrogen-bond acceptors (Lipinski definition) is 1. The summed E-state index contributed by atoms with van der Waals surface area (Å²) in [4.78, 5) is 10.8. The lowest BCUT2D eigenvalue weighted by molar-refractivity contribution is -0.119. The molecule has 1 amide bonds. The zero-order valence-corrected chi connectivity index (χ0v) is 8.71. The number of amides is 1. The van der Waals surface area contributed by atoms with Crippen molar-refractivity contribution in [3.05, 3.63) is 35.6 Å². The van der Waals surface area contributed by atoms with Crippen LogP contribution in [0.2, 0.25) is 0 Å². The monoisotopic (exact) mass is 231 g/mol. The van der Waals surface area contributed by atoms with E-state index in [4.69, 9.17) is 0 Å². The maximum Gasteiger partial charge on any atom is 0.240 e. The van der Waals surface area contributed by atoms with Crippen LogP contribution in [0.5, 0.6) is 0 Å². The highest BCUT2D eigenvalue weighted by atomic mass is 19.3. The molecule has 0 aliphatic carbocycles. The average Bonchev–Trinajstić information content (AvgIpc) is 2.16. The highest BCUT2D eigenvalue weighted by Crippen LogP contribution is 2.20. The van der Waals surface area contributed by atoms with E-state index in [9.17, 15) is 18.0 Å². The van der Waals surface area contributed by atoms with Crippen molar-refractivity contribution < 1.29 is 18.0 Å². The fourth-order valence-corrected chi connectivity index (χ4v) is 1.40. The summed E-state index contributed by atoms with van der Waals surface area (Å²) in [5.41, 5.74) is 0.469. The van der Waals surface area contributed by atoms with Gasteiger partial charge in [-0.2, -0.15) is 0 Å². The normalized spacial score (nSPS) is 12.6. The number of carbonyl (C=O) groups excluding carboxylic acids is 1. The minimum Gasteiger partial charge on any atom is -0.349 e. The Morgan fingerprint density at radius 1 is 1.31 bits per heavy atom. The molecule has 2 nitrogen and oxygen atoms in total. The van der Waals surface area contributed by atoms with Crippen LogP contribution < -0.4 is 5.32 Å². The van der Waals surface area contributed by atoms with Crippen molar-refractivity contribution in [1.29, 1.82) is 0 Å². The van der Waals surface area contributed by atoms with Crippen molar-refractivity contribution in [3.63, 3.8) is 0 Å². The minimum atomic E-state index is -2.53. The van der Waals surface area contributed by atoms with Gasteiger partial charge < -0.3 is 5.32 Å². The molecular formula is C11H12F3NO. The van der Waals surface area contributed by atoms with Crippen molar-refractivity contribution in [3.8, 4) is 0 Å². The maximum absolute atomic E-state index is 12.6. The predicted molar refractivity (Wildman–Crippen MR) is 53.6 cm³/mol. The number of benzene rings is 1. The van der Waals surface area contributed by atoms with Crippen molar-refractivity contribution >= 4 is 5.91 Å². The highest BCUT2D eigenvalue weighted by molar-refractivity contribution is 5.73. The molecule has 0 heterocycles. The summed E-state index contributed by atoms with van der Waals surface area (Å²) in [6, 6.07) is 4.35. The lowest BCUT2D eigenvalue weighted by Gasteiger charge is -2.17. The highest BCUT2D eigenvalue weighted by Gasteiger charge is 2.17. The van der Waals surface area contributed by atoms with Crippen LogP contribution >= 0.6 is 0 Å². The van der Waals surface area contributed by atoms with E-state index in [0.29, 0.717) is 5.56 Å². The second-order valence-electron chi connectivity index (χ2n) is 3.43. The minimum absolute atomic E-state index is 0.394. The van der Waals surface area contributed by atoms with Crippen molar-refractivity contribution in [2.45, 2.75) is 25.8 Å². The summed E-state index contributed by atoms with van der Waals surface area (Å²) < 4.78 is 37.2. The van der Waals surface area contributed by atoms with E-state index in [1.807, 2.05) is 0 Å². The Bertz CT molecular complexity index is 351. The van der Waals surface area contributed by atoms with Gasteiger partial charge in [-0.25, -0.2) is 13.2 Å². The summed E-state index contributed by atoms with van der Waals surface area (Å²) in [7, 11) is 0. The Morgan fingerprint density at radius 3 is 2.31 bits per heavy atom. The molecule has 1 atom stereocenters. The molecule has 0 radical (unpaired) electrons. The fourth-order valence-electron chi connectivity index (χ4n) is 1.40. The average molecular weight is 231 g/mol. The van der Waals surface area contributed by atoms with E-state index in [2.05, 4.69) is 5.32 Å². The Balaban J connectivity index is 2.82. The van der Waals surface area contributed by atoms with Gasteiger partial charge in [0, 0.05) is 13.3 Å². The standard InChI is InChI=1S/C11H12F3NO/c1-7(16)15-10(6-11(13)14)8-2-4-9(12)5-3-8/h2-5,10-11H,6H2,1H3,(H,15,16). The van der Waals surface area contributed by atoms with Crippen molar-refractivity contribution in [2.75, 3.05) is 0 Å². The first-order valence-electron chi connectivity index (χ1n) is 4.79. The molecule has 0 aliphatic rings. The first-order chi connectivity index (χ1) is 7.49. The van der Waals surface area contributed by atoms with E-state index < -0.39 is 30.6 Å². The topological polar surface area (TPSA) is 29.1 Å². The molecule has 1 rings (SSSR count). The third-order valence-corrected chi connectivity index (χ3v) is 2.06. The van der Waals surface area contributed by atoms with Gasteiger partial charge in [0.2, 0.25) is 12.3 Å². The summed E-state index contributed by atoms with van der Waals surface area (Å²) in [5, 5.41) is 2.41. The van der Waals surface area contributed by atoms with E-state index in [0.717, 1.165) is 0 Å². The molecule has 0 aliphatic heterocycles. The number of halogens is 3. The number of hydrogen-bond donors (Lipinski definition) is 1. The summed E-state index contributed by atoms with van der Waals surface area (Å²) >= 11 is 0. The molecule has 88 valence electrons. The molecule has 0 spiro atoms. The van der Waals surface area contributed by atoms with Crippen LogP contribution in [0.1, 0.15) is 24.9 Å². The quantitative estimate of drug-likeness (QED) is 0.848. The molecule has 5 heteroatoms. The number of rotatable bonds is 4. The first kappa shape index (κ1) is 12.5. The molecule has 1 N–H and O–H groups in total. The van der Waals surface area contributed by atoms with Crippen LogP contribution in [0.4, 0.5) is 13.2 Å². The van der Waals surface area contributed by atoms with Crippen LogP contribution in [-0.4, -0.2) is 12.3 Å². The van der Waals surface area contributed by atoms with Gasteiger partial charge in [0.05, 0.1) is 6.04 Å². The predicted octanol–water partition coefficient (Wildman–Crippen LogP) is 2.66. The number of nitrogens with one attached hydrogen (secondary N) is 1. The Labute approximate surface area is 91.5 Å². The van der Waals surface area contributed by atoms with Crippen LogP contribution in [0.25, 0.3) is 0 Å². The summed E-state index contributed by atoms with van der Waals surface area (Å²) in [5.74, 6) is -0.836. The van der Waals surface area contributed by atoms with Gasteiger partial charge in [0.25, 0.3) is 0 Å². The number of alkyl halides is 2. The van der Waals surface area contributed by atoms with Crippen molar-refractivity contribution in [2.24, 2.45) is 0 Å². The first-order valence-corrected chi connectivity index (χ1v) is 4.79. The van der Waals surface area contributed by atoms with Gasteiger partial charge in [0.1, 0.15) is 5.82 Å². The summed E-state index contributed by atoms with van der Waals surface area (Å²) in [6.45, 7) is 1.25. The lowest BCUT2D eigenvalue weighted by Crippen LogP contribution is -2.27. The maximum atomic E-state index is 12.6. The van der Waals surface area contributed by atoms with Crippen LogP contribution in [0.15, 0.2) is 24.3 Å². The van der Waals surface area contributed by atoms with Gasteiger partial charge in [0.15, 0.2) is 0 Å². The molecule has 0 fully saturated rings. The number of carbonyl (C=O) groups is 1. The Morgan fingerprint density at radius 2 is 1.88 bits per heavy atom. The van der Waals surface area contributed by atoms with Gasteiger partial charge in [-0.1, -0.05) is 12.1 Å². The Hall–Kier alpha value is -1.52. The molecule has 0 bridgehead atoms. The second-order valence-corrected chi connectivity index (χ2v) is 3.43. The van der Waals surface area contributed by atoms with Crippen LogP contribution in [0, 0.1) is 5.82 Å². The lowest BCUT2D eigenvalue weighted by atomic mass is 10.0. The zero-order valence-electron chi connectivity index (χ0n) is 8.71. The van der Waals surface area contributed by atoms with E-state index in [-0.39, 0.29) is 0 Å². The van der Waals surface area contributed by atoms with E-state index >= 15 is 0 Å². The SMILES string of the molecule is CC(=O)NC(CC(F)F)c1ccc(F)cc1. The second kappa shape index (κ2) is 5.53. The largest absolute Gasteiger partial charge is 0.349 e. The molecular weight excluding hydrogens is 219 g/mol. The van der Waals surface area contributed by atoms with Gasteiger partial charge in [-0.15, -0.1) is 0 Å². The molecule has 0 saturated heterocycles. The molecule has 0 aromatic heterocycles. The fraction of sp³-hybridized carbons (Fsp3) is 0.364. The van der Waals surface area contributed by atoms with Crippen LogP contribution in [0.3, 0.4) is 0 Å². The molecule has 1 aromatic carbocycles. The smallest absolute Gasteiger partial charge is 0.240 e. The molecule has 16 heavy (non-hydrogen) atoms. The molecule has 1 aromatic rings. The third-order valence-electron chi connectivity index (χ3n) is 2.06.